The Bertz CT molecular complexity index is 466. The number of nitrogens with zero attached hydrogens (tertiary/aromatic N) is 2. The first-order valence-corrected chi connectivity index (χ1v) is 5.77. The van der Waals surface area contributed by atoms with Crippen molar-refractivity contribution in [2.24, 2.45) is 0 Å². The van der Waals surface area contributed by atoms with Crippen molar-refractivity contribution in [1.29, 1.82) is 0 Å². The van der Waals surface area contributed by atoms with E-state index in [9.17, 15) is 5.11 Å². The van der Waals surface area contributed by atoms with Crippen molar-refractivity contribution < 1.29 is 14.0 Å². The molecule has 5 nitrogen and oxygen atoms in total. The molecule has 2 heterocycles. The van der Waals surface area contributed by atoms with Gasteiger partial charge in [-0.05, 0) is 34.5 Å². The van der Waals surface area contributed by atoms with Gasteiger partial charge in [0.15, 0.2) is 10.4 Å². The van der Waals surface area contributed by atoms with Crippen LogP contribution in [0.5, 0.6) is 0 Å². The van der Waals surface area contributed by atoms with Crippen LogP contribution in [-0.2, 0) is 0 Å². The van der Waals surface area contributed by atoms with Crippen LogP contribution in [0, 0.1) is 0 Å². The lowest BCUT2D eigenvalue weighted by Gasteiger charge is -2.00. The molecular weight excluding hydrogens is 276 g/mol. The zero-order chi connectivity index (χ0) is 11.5. The molecule has 0 aliphatic carbocycles. The molecule has 0 spiro atoms. The molecule has 0 aliphatic rings. The number of hydrogen-bond acceptors (Lipinski definition) is 5. The van der Waals surface area contributed by atoms with Crippen LogP contribution in [0.2, 0.25) is 0 Å². The van der Waals surface area contributed by atoms with Gasteiger partial charge in [-0.1, -0.05) is 18.5 Å². The highest BCUT2D eigenvalue weighted by atomic mass is 79.9. The Morgan fingerprint density at radius 2 is 2.31 bits per heavy atom. The lowest BCUT2D eigenvalue weighted by Crippen LogP contribution is -1.98. The second-order valence-corrected chi connectivity index (χ2v) is 4.15. The number of aromatic nitrogens is 2. The normalized spacial score (nSPS) is 12.9. The van der Waals surface area contributed by atoms with E-state index in [0.717, 1.165) is 6.42 Å². The highest BCUT2D eigenvalue weighted by Gasteiger charge is 2.17. The number of halogens is 1. The Labute approximate surface area is 101 Å². The molecule has 2 rings (SSSR count). The molecule has 0 amide bonds. The maximum Gasteiger partial charge on any atom is 0.293 e. The van der Waals surface area contributed by atoms with Gasteiger partial charge in [0, 0.05) is 0 Å². The third-order valence-electron chi connectivity index (χ3n) is 2.09. The summed E-state index contributed by atoms with van der Waals surface area (Å²) in [6.07, 6.45) is 0.791. The van der Waals surface area contributed by atoms with E-state index in [-0.39, 0.29) is 5.89 Å². The van der Waals surface area contributed by atoms with Crippen LogP contribution < -0.4 is 0 Å². The SMILES string of the molecule is CCCC(O)c1noc(-c2ccc(Br)o2)n1. The van der Waals surface area contributed by atoms with Crippen molar-refractivity contribution in [3.63, 3.8) is 0 Å². The summed E-state index contributed by atoms with van der Waals surface area (Å²) < 4.78 is 10.9. The van der Waals surface area contributed by atoms with E-state index in [2.05, 4.69) is 26.1 Å². The Morgan fingerprint density at radius 1 is 1.50 bits per heavy atom. The largest absolute Gasteiger partial charge is 0.444 e. The van der Waals surface area contributed by atoms with Gasteiger partial charge < -0.3 is 14.0 Å². The molecular formula is C10H11BrN2O3. The topological polar surface area (TPSA) is 72.3 Å². The molecule has 86 valence electrons. The smallest absolute Gasteiger partial charge is 0.293 e. The maximum atomic E-state index is 9.66. The summed E-state index contributed by atoms with van der Waals surface area (Å²) in [6, 6.07) is 3.45. The van der Waals surface area contributed by atoms with Crippen molar-refractivity contribution in [3.05, 3.63) is 22.6 Å². The van der Waals surface area contributed by atoms with Gasteiger partial charge in [0.05, 0.1) is 0 Å². The summed E-state index contributed by atoms with van der Waals surface area (Å²) in [6.45, 7) is 1.98. The lowest BCUT2D eigenvalue weighted by molar-refractivity contribution is 0.153. The van der Waals surface area contributed by atoms with Crippen molar-refractivity contribution in [3.8, 4) is 11.7 Å². The number of rotatable bonds is 4. The van der Waals surface area contributed by atoms with Crippen molar-refractivity contribution >= 4 is 15.9 Å². The fraction of sp³-hybridized carbons (Fsp3) is 0.400. The Balaban J connectivity index is 2.19. The molecule has 0 aliphatic heterocycles. The summed E-state index contributed by atoms with van der Waals surface area (Å²) >= 11 is 3.18. The van der Waals surface area contributed by atoms with Gasteiger partial charge >= 0.3 is 0 Å². The van der Waals surface area contributed by atoms with Crippen LogP contribution in [-0.4, -0.2) is 15.2 Å². The van der Waals surface area contributed by atoms with Gasteiger partial charge in [-0.2, -0.15) is 4.98 Å². The minimum Gasteiger partial charge on any atom is -0.444 e. The highest BCUT2D eigenvalue weighted by Crippen LogP contribution is 2.25. The molecule has 0 radical (unpaired) electrons. The van der Waals surface area contributed by atoms with Crippen LogP contribution in [0.3, 0.4) is 0 Å². The average molecular weight is 287 g/mol. The van der Waals surface area contributed by atoms with Crippen LogP contribution in [0.1, 0.15) is 31.7 Å². The molecule has 0 bridgehead atoms. The van der Waals surface area contributed by atoms with Gasteiger partial charge in [-0.15, -0.1) is 0 Å². The lowest BCUT2D eigenvalue weighted by atomic mass is 10.2. The van der Waals surface area contributed by atoms with Gasteiger partial charge in [0.2, 0.25) is 5.82 Å². The minimum atomic E-state index is -0.680. The molecule has 1 N–H and O–H groups in total. The van der Waals surface area contributed by atoms with Crippen molar-refractivity contribution in [2.75, 3.05) is 0 Å². The monoisotopic (exact) mass is 286 g/mol. The first kappa shape index (κ1) is 11.3. The summed E-state index contributed by atoms with van der Waals surface area (Å²) in [7, 11) is 0. The highest BCUT2D eigenvalue weighted by molar-refractivity contribution is 9.10. The van der Waals surface area contributed by atoms with E-state index >= 15 is 0 Å². The Morgan fingerprint density at radius 3 is 2.94 bits per heavy atom. The maximum absolute atomic E-state index is 9.66. The van der Waals surface area contributed by atoms with Gasteiger partial charge in [-0.3, -0.25) is 0 Å². The fourth-order valence-electron chi connectivity index (χ4n) is 1.30. The van der Waals surface area contributed by atoms with E-state index < -0.39 is 6.10 Å². The molecule has 1 atom stereocenters. The van der Waals surface area contributed by atoms with Crippen molar-refractivity contribution in [2.45, 2.75) is 25.9 Å². The summed E-state index contributed by atoms with van der Waals surface area (Å²) in [5, 5.41) is 13.4. The second kappa shape index (κ2) is 4.80. The van der Waals surface area contributed by atoms with E-state index in [0.29, 0.717) is 22.7 Å². The Kier molecular flexibility index (Phi) is 3.40. The molecule has 0 fully saturated rings. The van der Waals surface area contributed by atoms with E-state index in [1.54, 1.807) is 12.1 Å². The number of furan rings is 1. The van der Waals surface area contributed by atoms with E-state index in [4.69, 9.17) is 8.94 Å². The van der Waals surface area contributed by atoms with E-state index in [1.807, 2.05) is 6.92 Å². The molecule has 16 heavy (non-hydrogen) atoms. The molecule has 2 aromatic heterocycles. The van der Waals surface area contributed by atoms with E-state index in [1.165, 1.54) is 0 Å². The predicted molar refractivity (Wildman–Crippen MR) is 59.6 cm³/mol. The standard InChI is InChI=1S/C10H11BrN2O3/c1-2-3-6(14)9-12-10(16-13-9)7-4-5-8(11)15-7/h4-6,14H,2-3H2,1H3. The third-order valence-corrected chi connectivity index (χ3v) is 2.51. The zero-order valence-electron chi connectivity index (χ0n) is 8.68. The van der Waals surface area contributed by atoms with Crippen molar-refractivity contribution in [1.82, 2.24) is 10.1 Å². The molecule has 6 heteroatoms. The van der Waals surface area contributed by atoms with Crippen LogP contribution >= 0.6 is 15.9 Å². The number of hydrogen-bond donors (Lipinski definition) is 1. The third kappa shape index (κ3) is 2.33. The van der Waals surface area contributed by atoms with Crippen LogP contribution in [0.15, 0.2) is 25.7 Å². The van der Waals surface area contributed by atoms with Crippen LogP contribution in [0.25, 0.3) is 11.7 Å². The average Bonchev–Trinajstić information content (AvgIpc) is 2.85. The summed E-state index contributed by atoms with van der Waals surface area (Å²) in [5.41, 5.74) is 0. The number of aliphatic hydroxyl groups excluding tert-OH is 1. The predicted octanol–water partition coefficient (Wildman–Crippen LogP) is 2.93. The summed E-state index contributed by atoms with van der Waals surface area (Å²) in [5.74, 6) is 1.05. The van der Waals surface area contributed by atoms with Crippen LogP contribution in [0.4, 0.5) is 0 Å². The molecule has 0 saturated heterocycles. The van der Waals surface area contributed by atoms with Gasteiger partial charge in [0.1, 0.15) is 6.10 Å². The molecule has 1 unspecified atom stereocenters. The van der Waals surface area contributed by atoms with Gasteiger partial charge in [-0.25, -0.2) is 0 Å². The first-order valence-electron chi connectivity index (χ1n) is 4.98. The fourth-order valence-corrected chi connectivity index (χ4v) is 1.61. The minimum absolute atomic E-state index is 0.274. The summed E-state index contributed by atoms with van der Waals surface area (Å²) in [4.78, 5) is 4.07. The quantitative estimate of drug-likeness (QED) is 0.936. The molecule has 0 aromatic carbocycles. The zero-order valence-corrected chi connectivity index (χ0v) is 10.3. The Hall–Kier alpha value is -1.14. The van der Waals surface area contributed by atoms with Gasteiger partial charge in [0.25, 0.3) is 5.89 Å². The molecule has 2 aromatic rings. The first-order chi connectivity index (χ1) is 7.70. The second-order valence-electron chi connectivity index (χ2n) is 3.37. The molecule has 0 saturated carbocycles. The number of aliphatic hydroxyl groups is 1.